The first kappa shape index (κ1) is 16.0. The third kappa shape index (κ3) is 4.85. The van der Waals surface area contributed by atoms with Crippen LogP contribution in [0.2, 0.25) is 0 Å². The quantitative estimate of drug-likeness (QED) is 0.828. The van der Waals surface area contributed by atoms with E-state index >= 15 is 0 Å². The van der Waals surface area contributed by atoms with Gasteiger partial charge in [0.2, 0.25) is 5.91 Å². The zero-order valence-corrected chi connectivity index (χ0v) is 12.7. The highest BCUT2D eigenvalue weighted by Crippen LogP contribution is 2.13. The Bertz CT molecular complexity index is 629. The van der Waals surface area contributed by atoms with Crippen molar-refractivity contribution in [2.45, 2.75) is 19.4 Å². The molecule has 1 atom stereocenters. The van der Waals surface area contributed by atoms with Gasteiger partial charge in [0.05, 0.1) is 6.42 Å². The number of nitrogens with one attached hydrogen (secondary N) is 2. The fourth-order valence-electron chi connectivity index (χ4n) is 1.62. The molecule has 0 aliphatic heterocycles. The Hall–Kier alpha value is -2.41. The lowest BCUT2D eigenvalue weighted by Crippen LogP contribution is -2.47. The summed E-state index contributed by atoms with van der Waals surface area (Å²) in [5.41, 5.74) is 4.62. The van der Waals surface area contributed by atoms with E-state index in [1.54, 1.807) is 0 Å². The molecule has 2 rings (SSSR count). The van der Waals surface area contributed by atoms with E-state index in [4.69, 9.17) is 4.74 Å². The van der Waals surface area contributed by atoms with Gasteiger partial charge in [0.25, 0.3) is 5.91 Å². The number of rotatable bonds is 5. The molecule has 0 saturated carbocycles. The van der Waals surface area contributed by atoms with Crippen LogP contribution in [0.4, 0.5) is 4.39 Å². The lowest BCUT2D eigenvalue weighted by molar-refractivity contribution is -0.132. The van der Waals surface area contributed by atoms with E-state index in [1.807, 2.05) is 17.5 Å². The molecule has 0 saturated heterocycles. The van der Waals surface area contributed by atoms with Crippen molar-refractivity contribution in [3.05, 3.63) is 52.5 Å². The summed E-state index contributed by atoms with van der Waals surface area (Å²) in [6.45, 7) is 1.53. The summed E-state index contributed by atoms with van der Waals surface area (Å²) >= 11 is 1.47. The molecule has 116 valence electrons. The lowest BCUT2D eigenvalue weighted by Gasteiger charge is -2.15. The molecule has 2 amide bonds. The molecule has 2 aromatic rings. The number of hydrogen-bond donors (Lipinski definition) is 2. The summed E-state index contributed by atoms with van der Waals surface area (Å²) in [6.07, 6.45) is -0.627. The summed E-state index contributed by atoms with van der Waals surface area (Å²) in [7, 11) is 0. The van der Waals surface area contributed by atoms with Crippen LogP contribution in [0, 0.1) is 5.82 Å². The molecule has 0 aliphatic rings. The van der Waals surface area contributed by atoms with Gasteiger partial charge in [-0.1, -0.05) is 6.07 Å². The zero-order chi connectivity index (χ0) is 15.9. The van der Waals surface area contributed by atoms with E-state index in [-0.39, 0.29) is 18.1 Å². The fraction of sp³-hybridized carbons (Fsp3) is 0.200. The standard InChI is InChI=1S/C15H15FN2O3S/c1-10(21-12-6-4-11(16)5-7-12)15(20)18-17-14(19)9-13-3-2-8-22-13/h2-8,10H,9H2,1H3,(H,17,19)(H,18,20)/t10-/m1/s1. The Morgan fingerprint density at radius 2 is 1.95 bits per heavy atom. The summed E-state index contributed by atoms with van der Waals surface area (Å²) in [4.78, 5) is 24.3. The number of hydrazine groups is 1. The normalized spacial score (nSPS) is 11.5. The third-order valence-electron chi connectivity index (χ3n) is 2.74. The number of carbonyl (C=O) groups is 2. The van der Waals surface area contributed by atoms with E-state index in [2.05, 4.69) is 10.9 Å². The highest BCUT2D eigenvalue weighted by Gasteiger charge is 2.15. The summed E-state index contributed by atoms with van der Waals surface area (Å²) in [6, 6.07) is 9.02. The number of thiophene rings is 1. The van der Waals surface area contributed by atoms with E-state index < -0.39 is 12.0 Å². The molecule has 1 heterocycles. The van der Waals surface area contributed by atoms with E-state index in [0.29, 0.717) is 5.75 Å². The van der Waals surface area contributed by atoms with Crippen LogP contribution in [0.1, 0.15) is 11.8 Å². The van der Waals surface area contributed by atoms with Gasteiger partial charge in [-0.05, 0) is 42.6 Å². The summed E-state index contributed by atoms with van der Waals surface area (Å²) in [5, 5.41) is 1.87. The minimum absolute atomic E-state index is 0.200. The molecule has 0 radical (unpaired) electrons. The summed E-state index contributed by atoms with van der Waals surface area (Å²) < 4.78 is 18.1. The van der Waals surface area contributed by atoms with Crippen LogP contribution in [0.3, 0.4) is 0 Å². The Kier molecular flexibility index (Phi) is 5.48. The van der Waals surface area contributed by atoms with Crippen molar-refractivity contribution in [1.29, 1.82) is 0 Å². The highest BCUT2D eigenvalue weighted by molar-refractivity contribution is 7.10. The van der Waals surface area contributed by atoms with E-state index in [1.165, 1.54) is 42.5 Å². The molecule has 1 aromatic heterocycles. The Morgan fingerprint density at radius 3 is 2.59 bits per heavy atom. The SMILES string of the molecule is C[C@@H](Oc1ccc(F)cc1)C(=O)NNC(=O)Cc1cccs1. The van der Waals surface area contributed by atoms with E-state index in [9.17, 15) is 14.0 Å². The number of amides is 2. The molecule has 2 N–H and O–H groups in total. The van der Waals surface area contributed by atoms with Crippen molar-refractivity contribution >= 4 is 23.2 Å². The second kappa shape index (κ2) is 7.56. The molecule has 0 fully saturated rings. The monoisotopic (exact) mass is 322 g/mol. The molecular formula is C15H15FN2O3S. The first-order valence-electron chi connectivity index (χ1n) is 6.58. The van der Waals surface area contributed by atoms with Crippen LogP contribution in [0.15, 0.2) is 41.8 Å². The topological polar surface area (TPSA) is 67.4 Å². The van der Waals surface area contributed by atoms with Crippen LogP contribution >= 0.6 is 11.3 Å². The maximum Gasteiger partial charge on any atom is 0.279 e. The minimum Gasteiger partial charge on any atom is -0.481 e. The van der Waals surface area contributed by atoms with Crippen molar-refractivity contribution in [3.63, 3.8) is 0 Å². The molecule has 0 bridgehead atoms. The minimum atomic E-state index is -0.826. The molecule has 5 nitrogen and oxygen atoms in total. The van der Waals surface area contributed by atoms with Gasteiger partial charge in [-0.2, -0.15) is 0 Å². The van der Waals surface area contributed by atoms with Crippen LogP contribution in [-0.4, -0.2) is 17.9 Å². The second-order valence-electron chi connectivity index (χ2n) is 4.51. The van der Waals surface area contributed by atoms with Gasteiger partial charge in [0, 0.05) is 4.88 Å². The van der Waals surface area contributed by atoms with Gasteiger partial charge in [-0.25, -0.2) is 4.39 Å². The number of hydrogen-bond acceptors (Lipinski definition) is 4. The number of ether oxygens (including phenoxy) is 1. The zero-order valence-electron chi connectivity index (χ0n) is 11.8. The number of carbonyl (C=O) groups excluding carboxylic acids is 2. The van der Waals surface area contributed by atoms with E-state index in [0.717, 1.165) is 4.88 Å². The van der Waals surface area contributed by atoms with Crippen molar-refractivity contribution in [1.82, 2.24) is 10.9 Å². The van der Waals surface area contributed by atoms with Gasteiger partial charge in [-0.3, -0.25) is 20.4 Å². The van der Waals surface area contributed by atoms with Crippen LogP contribution in [0.25, 0.3) is 0 Å². The molecule has 22 heavy (non-hydrogen) atoms. The third-order valence-corrected chi connectivity index (χ3v) is 3.61. The van der Waals surface area contributed by atoms with Crippen LogP contribution < -0.4 is 15.6 Å². The van der Waals surface area contributed by atoms with Crippen LogP contribution in [-0.2, 0) is 16.0 Å². The highest BCUT2D eigenvalue weighted by atomic mass is 32.1. The van der Waals surface area contributed by atoms with Gasteiger partial charge in [0.1, 0.15) is 11.6 Å². The van der Waals surface area contributed by atoms with Gasteiger partial charge in [-0.15, -0.1) is 11.3 Å². The average molecular weight is 322 g/mol. The molecule has 7 heteroatoms. The molecule has 0 unspecified atom stereocenters. The molecular weight excluding hydrogens is 307 g/mol. The van der Waals surface area contributed by atoms with Crippen molar-refractivity contribution < 1.29 is 18.7 Å². The number of halogens is 1. The van der Waals surface area contributed by atoms with Gasteiger partial charge >= 0.3 is 0 Å². The maximum atomic E-state index is 12.8. The molecule has 1 aromatic carbocycles. The fourth-order valence-corrected chi connectivity index (χ4v) is 2.32. The lowest BCUT2D eigenvalue weighted by atomic mass is 10.3. The van der Waals surface area contributed by atoms with Crippen molar-refractivity contribution in [2.75, 3.05) is 0 Å². The predicted octanol–water partition coefficient (Wildman–Crippen LogP) is 2.04. The average Bonchev–Trinajstić information content (AvgIpc) is 3.00. The smallest absolute Gasteiger partial charge is 0.279 e. The summed E-state index contributed by atoms with van der Waals surface area (Å²) in [5.74, 6) is -0.826. The Labute approximate surface area is 131 Å². The molecule has 0 spiro atoms. The Balaban J connectivity index is 1.76. The van der Waals surface area contributed by atoms with Crippen molar-refractivity contribution in [3.8, 4) is 5.75 Å². The maximum absolute atomic E-state index is 12.8. The molecule has 0 aliphatic carbocycles. The second-order valence-corrected chi connectivity index (χ2v) is 5.54. The van der Waals surface area contributed by atoms with Crippen molar-refractivity contribution in [2.24, 2.45) is 0 Å². The Morgan fingerprint density at radius 1 is 1.23 bits per heavy atom. The first-order valence-corrected chi connectivity index (χ1v) is 7.46. The van der Waals surface area contributed by atoms with Crippen LogP contribution in [0.5, 0.6) is 5.75 Å². The first-order chi connectivity index (χ1) is 10.5. The van der Waals surface area contributed by atoms with Gasteiger partial charge in [0.15, 0.2) is 6.10 Å². The van der Waals surface area contributed by atoms with Gasteiger partial charge < -0.3 is 4.74 Å². The number of benzene rings is 1. The predicted molar refractivity (Wildman–Crippen MR) is 80.8 cm³/mol. The largest absolute Gasteiger partial charge is 0.481 e.